The Balaban J connectivity index is 1.45. The molecule has 1 aliphatic heterocycles. The number of aliphatic imine (C=N–C) groups is 1. The number of hydrogen-bond acceptors (Lipinski definition) is 2. The number of rotatable bonds is 6. The van der Waals surface area contributed by atoms with Crippen molar-refractivity contribution in [3.63, 3.8) is 0 Å². The third kappa shape index (κ3) is 3.66. The summed E-state index contributed by atoms with van der Waals surface area (Å²) in [6.45, 7) is 4.01. The molecule has 0 aromatic rings. The normalized spacial score (nSPS) is 27.1. The van der Waals surface area contributed by atoms with E-state index in [1.54, 1.807) is 0 Å². The Hall–Kier alpha value is -0.770. The summed E-state index contributed by atoms with van der Waals surface area (Å²) in [5.41, 5.74) is 0. The quantitative estimate of drug-likeness (QED) is 0.596. The molecule has 0 aromatic carbocycles. The maximum atomic E-state index is 5.46. The summed E-state index contributed by atoms with van der Waals surface area (Å²) in [5.74, 6) is 4.63. The highest BCUT2D eigenvalue weighted by Crippen LogP contribution is 2.48. The van der Waals surface area contributed by atoms with Gasteiger partial charge < -0.3 is 15.0 Å². The zero-order valence-corrected chi connectivity index (χ0v) is 13.0. The molecule has 4 heteroatoms. The van der Waals surface area contributed by atoms with Gasteiger partial charge in [0.1, 0.15) is 0 Å². The highest BCUT2D eigenvalue weighted by atomic mass is 16.5. The minimum absolute atomic E-state index is 0.668. The molecule has 3 rings (SSSR count). The summed E-state index contributed by atoms with van der Waals surface area (Å²) >= 11 is 0. The second-order valence-electron chi connectivity index (χ2n) is 6.88. The van der Waals surface area contributed by atoms with Gasteiger partial charge in [-0.1, -0.05) is 0 Å². The van der Waals surface area contributed by atoms with Crippen LogP contribution >= 0.6 is 0 Å². The Morgan fingerprint density at radius 2 is 1.95 bits per heavy atom. The van der Waals surface area contributed by atoms with Crippen LogP contribution in [0, 0.1) is 23.7 Å². The standard InChI is InChI=1S/C16H29N3O/c1-17-16(19(2)10-12-7-8-20-11-12)18-9-15(13-3-4-13)14-5-6-14/h12-15H,3-11H2,1-2H3,(H,17,18). The van der Waals surface area contributed by atoms with Gasteiger partial charge in [0.05, 0.1) is 6.61 Å². The largest absolute Gasteiger partial charge is 0.381 e. The first-order chi connectivity index (χ1) is 9.78. The van der Waals surface area contributed by atoms with Gasteiger partial charge in [-0.25, -0.2) is 0 Å². The molecule has 0 aromatic heterocycles. The van der Waals surface area contributed by atoms with Crippen molar-refractivity contribution in [3.8, 4) is 0 Å². The molecule has 20 heavy (non-hydrogen) atoms. The molecule has 1 unspecified atom stereocenters. The molecule has 0 spiro atoms. The number of guanidine groups is 1. The molecule has 2 saturated carbocycles. The monoisotopic (exact) mass is 279 g/mol. The molecular weight excluding hydrogens is 250 g/mol. The molecule has 114 valence electrons. The van der Waals surface area contributed by atoms with Crippen molar-refractivity contribution in [2.24, 2.45) is 28.7 Å². The molecule has 0 amide bonds. The highest BCUT2D eigenvalue weighted by Gasteiger charge is 2.41. The third-order valence-electron chi connectivity index (χ3n) is 5.08. The van der Waals surface area contributed by atoms with E-state index in [9.17, 15) is 0 Å². The lowest BCUT2D eigenvalue weighted by molar-refractivity contribution is 0.181. The first-order valence-corrected chi connectivity index (χ1v) is 8.27. The average Bonchev–Trinajstić information content (AvgIpc) is 3.37. The Morgan fingerprint density at radius 1 is 1.25 bits per heavy atom. The van der Waals surface area contributed by atoms with E-state index in [1.807, 2.05) is 7.05 Å². The van der Waals surface area contributed by atoms with Crippen LogP contribution in [0.1, 0.15) is 32.1 Å². The van der Waals surface area contributed by atoms with E-state index >= 15 is 0 Å². The van der Waals surface area contributed by atoms with Crippen molar-refractivity contribution in [1.29, 1.82) is 0 Å². The molecular formula is C16H29N3O. The van der Waals surface area contributed by atoms with E-state index in [-0.39, 0.29) is 0 Å². The van der Waals surface area contributed by atoms with Crippen LogP contribution in [0.5, 0.6) is 0 Å². The van der Waals surface area contributed by atoms with Crippen molar-refractivity contribution >= 4 is 5.96 Å². The highest BCUT2D eigenvalue weighted by molar-refractivity contribution is 5.79. The Bertz CT molecular complexity index is 332. The van der Waals surface area contributed by atoms with Crippen molar-refractivity contribution in [3.05, 3.63) is 0 Å². The fourth-order valence-corrected chi connectivity index (χ4v) is 3.56. The van der Waals surface area contributed by atoms with Crippen LogP contribution in [-0.2, 0) is 4.74 Å². The van der Waals surface area contributed by atoms with E-state index in [1.165, 1.54) is 32.1 Å². The fraction of sp³-hybridized carbons (Fsp3) is 0.938. The van der Waals surface area contributed by atoms with Gasteiger partial charge in [-0.2, -0.15) is 0 Å². The summed E-state index contributed by atoms with van der Waals surface area (Å²) in [6.07, 6.45) is 7.01. The van der Waals surface area contributed by atoms with Gasteiger partial charge in [0.15, 0.2) is 5.96 Å². The summed E-state index contributed by atoms with van der Waals surface area (Å²) in [5, 5.41) is 3.62. The lowest BCUT2D eigenvalue weighted by Crippen LogP contribution is -2.43. The molecule has 1 atom stereocenters. The van der Waals surface area contributed by atoms with Crippen molar-refractivity contribution in [2.75, 3.05) is 40.4 Å². The van der Waals surface area contributed by atoms with Crippen LogP contribution in [0.3, 0.4) is 0 Å². The van der Waals surface area contributed by atoms with Crippen LogP contribution in [0.25, 0.3) is 0 Å². The predicted molar refractivity (Wildman–Crippen MR) is 81.9 cm³/mol. The first-order valence-electron chi connectivity index (χ1n) is 8.27. The van der Waals surface area contributed by atoms with E-state index in [2.05, 4.69) is 22.3 Å². The lowest BCUT2D eigenvalue weighted by atomic mass is 9.98. The van der Waals surface area contributed by atoms with Crippen molar-refractivity contribution in [2.45, 2.75) is 32.1 Å². The third-order valence-corrected chi connectivity index (χ3v) is 5.08. The van der Waals surface area contributed by atoms with Gasteiger partial charge in [-0.15, -0.1) is 0 Å². The van der Waals surface area contributed by atoms with Crippen LogP contribution < -0.4 is 5.32 Å². The van der Waals surface area contributed by atoms with E-state index in [4.69, 9.17) is 4.74 Å². The Kier molecular flexibility index (Phi) is 4.49. The fourth-order valence-electron chi connectivity index (χ4n) is 3.56. The molecule has 0 bridgehead atoms. The second-order valence-corrected chi connectivity index (χ2v) is 6.88. The number of hydrogen-bond donors (Lipinski definition) is 1. The molecule has 2 aliphatic carbocycles. The van der Waals surface area contributed by atoms with E-state index in [0.717, 1.165) is 50.0 Å². The Morgan fingerprint density at radius 3 is 2.45 bits per heavy atom. The van der Waals surface area contributed by atoms with Crippen LogP contribution in [-0.4, -0.2) is 51.3 Å². The summed E-state index contributed by atoms with van der Waals surface area (Å²) in [6, 6.07) is 0. The van der Waals surface area contributed by atoms with Crippen molar-refractivity contribution < 1.29 is 4.74 Å². The molecule has 3 aliphatic rings. The molecule has 0 radical (unpaired) electrons. The first kappa shape index (κ1) is 14.2. The number of ether oxygens (including phenoxy) is 1. The van der Waals surface area contributed by atoms with Crippen LogP contribution in [0.2, 0.25) is 0 Å². The zero-order valence-electron chi connectivity index (χ0n) is 13.0. The molecule has 3 fully saturated rings. The van der Waals surface area contributed by atoms with Gasteiger partial charge in [0.25, 0.3) is 0 Å². The van der Waals surface area contributed by atoms with Gasteiger partial charge in [-0.05, 0) is 49.9 Å². The molecule has 1 heterocycles. The van der Waals surface area contributed by atoms with E-state index < -0.39 is 0 Å². The zero-order chi connectivity index (χ0) is 13.9. The number of nitrogens with one attached hydrogen (secondary N) is 1. The molecule has 4 nitrogen and oxygen atoms in total. The van der Waals surface area contributed by atoms with Crippen molar-refractivity contribution in [1.82, 2.24) is 10.2 Å². The van der Waals surface area contributed by atoms with Gasteiger partial charge in [0.2, 0.25) is 0 Å². The van der Waals surface area contributed by atoms with E-state index in [0.29, 0.717) is 5.92 Å². The predicted octanol–water partition coefficient (Wildman–Crippen LogP) is 1.97. The Labute approximate surface area is 123 Å². The lowest BCUT2D eigenvalue weighted by Gasteiger charge is -2.26. The van der Waals surface area contributed by atoms with Gasteiger partial charge in [-0.3, -0.25) is 4.99 Å². The maximum absolute atomic E-state index is 5.46. The smallest absolute Gasteiger partial charge is 0.193 e. The topological polar surface area (TPSA) is 36.9 Å². The summed E-state index contributed by atoms with van der Waals surface area (Å²) in [4.78, 5) is 6.73. The summed E-state index contributed by atoms with van der Waals surface area (Å²) < 4.78 is 5.46. The molecule has 1 saturated heterocycles. The van der Waals surface area contributed by atoms with Gasteiger partial charge in [0, 0.05) is 39.7 Å². The van der Waals surface area contributed by atoms with Crippen LogP contribution in [0.4, 0.5) is 0 Å². The molecule has 1 N–H and O–H groups in total. The summed E-state index contributed by atoms with van der Waals surface area (Å²) in [7, 11) is 4.05. The SMILES string of the molecule is CN=C(NCC(C1CC1)C1CC1)N(C)CC1CCOC1. The number of nitrogens with zero attached hydrogens (tertiary/aromatic N) is 2. The minimum Gasteiger partial charge on any atom is -0.381 e. The maximum Gasteiger partial charge on any atom is 0.193 e. The van der Waals surface area contributed by atoms with Crippen LogP contribution in [0.15, 0.2) is 4.99 Å². The second kappa shape index (κ2) is 6.33. The minimum atomic E-state index is 0.668. The average molecular weight is 279 g/mol. The van der Waals surface area contributed by atoms with Gasteiger partial charge >= 0.3 is 0 Å².